The second-order valence-corrected chi connectivity index (χ2v) is 12.5. The molecule has 3 aromatic heterocycles. The number of β-lactam (4-membered cyclic amide) rings is 1. The van der Waals surface area contributed by atoms with Gasteiger partial charge in [0.05, 0.1) is 23.5 Å². The van der Waals surface area contributed by atoms with Crippen LogP contribution in [-0.2, 0) is 37.1 Å². The predicted molar refractivity (Wildman–Crippen MR) is 157 cm³/mol. The highest BCUT2D eigenvalue weighted by atomic mass is 35.5. The van der Waals surface area contributed by atoms with E-state index in [9.17, 15) is 24.3 Å². The van der Waals surface area contributed by atoms with E-state index < -0.39 is 47.0 Å². The van der Waals surface area contributed by atoms with Crippen LogP contribution in [-0.4, -0.2) is 83.8 Å². The van der Waals surface area contributed by atoms with Crippen LogP contribution in [0.15, 0.2) is 41.2 Å². The third-order valence-corrected chi connectivity index (χ3v) is 9.24. The summed E-state index contributed by atoms with van der Waals surface area (Å²) in [6.07, 6.45) is 4.69. The summed E-state index contributed by atoms with van der Waals surface area (Å²) in [7, 11) is 0. The molecule has 1 saturated heterocycles. The van der Waals surface area contributed by atoms with Crippen molar-refractivity contribution in [2.45, 2.75) is 44.0 Å². The molecule has 19 heteroatoms. The molecule has 0 bridgehead atoms. The van der Waals surface area contributed by atoms with E-state index in [-0.39, 0.29) is 33.2 Å². The molecule has 1 fully saturated rings. The third kappa shape index (κ3) is 6.05. The van der Waals surface area contributed by atoms with Crippen molar-refractivity contribution in [2.24, 2.45) is 10.9 Å². The lowest BCUT2D eigenvalue weighted by Crippen LogP contribution is -2.71. The maximum Gasteiger partial charge on any atom is 0.347 e. The topological polar surface area (TPSA) is 235 Å². The van der Waals surface area contributed by atoms with Crippen molar-refractivity contribution in [2.75, 3.05) is 18.0 Å². The molecule has 2 aliphatic rings. The van der Waals surface area contributed by atoms with Gasteiger partial charge in [-0.15, -0.1) is 11.8 Å². The Bertz CT molecular complexity index is 1720. The number of imidazole rings is 1. The number of thiazole rings is 1. The Morgan fingerprint density at radius 1 is 1.41 bits per heavy atom. The molecule has 2 amide bonds. The van der Waals surface area contributed by atoms with Gasteiger partial charge in [-0.1, -0.05) is 28.1 Å². The molecule has 3 atom stereocenters. The molecule has 0 aromatic carbocycles. The molecular weight excluding hydrogens is 638 g/mol. The van der Waals surface area contributed by atoms with E-state index in [1.807, 2.05) is 10.6 Å². The van der Waals surface area contributed by atoms with Crippen LogP contribution < -0.4 is 26.5 Å². The van der Waals surface area contributed by atoms with E-state index in [4.69, 9.17) is 33.0 Å². The van der Waals surface area contributed by atoms with Crippen LogP contribution in [0.2, 0.25) is 4.34 Å². The summed E-state index contributed by atoms with van der Waals surface area (Å²) >= 11 is 8.26. The van der Waals surface area contributed by atoms with Gasteiger partial charge in [0, 0.05) is 23.9 Å². The molecule has 44 heavy (non-hydrogen) atoms. The molecule has 5 heterocycles. The molecule has 6 N–H and O–H groups in total. The van der Waals surface area contributed by atoms with Crippen LogP contribution >= 0.6 is 34.7 Å². The first-order chi connectivity index (χ1) is 21.0. The summed E-state index contributed by atoms with van der Waals surface area (Å²) in [5, 5.41) is 26.8. The van der Waals surface area contributed by atoms with Gasteiger partial charge >= 0.3 is 5.97 Å². The van der Waals surface area contributed by atoms with Crippen molar-refractivity contribution < 1.29 is 38.8 Å². The number of oxime groups is 1. The lowest BCUT2D eigenvalue weighted by molar-refractivity contribution is -0.687. The van der Waals surface area contributed by atoms with Gasteiger partial charge < -0.3 is 41.2 Å². The van der Waals surface area contributed by atoms with Gasteiger partial charge in [0.25, 0.3) is 11.8 Å². The van der Waals surface area contributed by atoms with E-state index in [1.165, 1.54) is 18.7 Å². The summed E-state index contributed by atoms with van der Waals surface area (Å²) in [6, 6.07) is 0.737. The number of amides is 2. The molecule has 2 aliphatic heterocycles. The van der Waals surface area contributed by atoms with Crippen molar-refractivity contribution in [3.8, 4) is 0 Å². The number of thioether (sulfide) groups is 1. The quantitative estimate of drug-likeness (QED) is 0.0763. The molecule has 0 radical (unpaired) electrons. The second-order valence-electron chi connectivity index (χ2n) is 9.77. The molecule has 16 nitrogen and oxygen atoms in total. The molecule has 0 spiro atoms. The number of carbonyl (C=O) groups is 4. The Labute approximate surface area is 262 Å². The lowest BCUT2D eigenvalue weighted by atomic mass is 10.0. The predicted octanol–water partition coefficient (Wildman–Crippen LogP) is -1.34. The number of rotatable bonds is 12. The zero-order valence-corrected chi connectivity index (χ0v) is 25.4. The first-order valence-electron chi connectivity index (χ1n) is 13.1. The van der Waals surface area contributed by atoms with Gasteiger partial charge in [-0.25, -0.2) is 14.8 Å². The largest absolute Gasteiger partial charge is 0.543 e. The number of nitrogens with two attached hydrogens (primary N) is 2. The molecule has 1 unspecified atom stereocenters. The summed E-state index contributed by atoms with van der Waals surface area (Å²) in [5.74, 6) is -4.27. The highest BCUT2D eigenvalue weighted by molar-refractivity contribution is 8.00. The van der Waals surface area contributed by atoms with E-state index >= 15 is 0 Å². The molecule has 232 valence electrons. The molecule has 3 aromatic rings. The Kier molecular flexibility index (Phi) is 9.05. The number of hydrogen-bond acceptors (Lipinski definition) is 13. The van der Waals surface area contributed by atoms with Gasteiger partial charge in [-0.2, -0.15) is 4.57 Å². The van der Waals surface area contributed by atoms with Crippen molar-refractivity contribution in [1.82, 2.24) is 24.8 Å². The van der Waals surface area contributed by atoms with E-state index in [0.29, 0.717) is 17.6 Å². The van der Waals surface area contributed by atoms with Crippen LogP contribution in [0, 0.1) is 0 Å². The molecule has 0 saturated carbocycles. The van der Waals surface area contributed by atoms with E-state index in [2.05, 4.69) is 20.4 Å². The lowest BCUT2D eigenvalue weighted by Gasteiger charge is -2.50. The average Bonchev–Trinajstić information content (AvgIpc) is 3.55. The number of nitrogens with zero attached hydrogens (tertiary/aromatic N) is 6. The normalized spacial score (nSPS) is 19.0. The summed E-state index contributed by atoms with van der Waals surface area (Å²) in [4.78, 5) is 64.3. The van der Waals surface area contributed by atoms with Crippen molar-refractivity contribution >= 4 is 80.3 Å². The number of aryl methyl sites for hydroxylation is 1. The molecule has 0 aliphatic carbocycles. The van der Waals surface area contributed by atoms with E-state index in [0.717, 1.165) is 34.7 Å². The number of hydrogen-bond donors (Lipinski definition) is 4. The number of aliphatic carboxylic acids is 2. The van der Waals surface area contributed by atoms with Gasteiger partial charge in [-0.05, 0) is 19.9 Å². The van der Waals surface area contributed by atoms with Gasteiger partial charge in [0.2, 0.25) is 6.10 Å². The Morgan fingerprint density at radius 2 is 2.18 bits per heavy atom. The monoisotopic (exact) mass is 663 g/mol. The number of nitrogens with one attached hydrogen (secondary N) is 1. The third-order valence-electron chi connectivity index (χ3n) is 6.82. The van der Waals surface area contributed by atoms with Crippen molar-refractivity contribution in [3.05, 3.63) is 46.1 Å². The smallest absolute Gasteiger partial charge is 0.347 e. The number of aromatic nitrogens is 4. The highest BCUT2D eigenvalue weighted by Crippen LogP contribution is 2.40. The van der Waals surface area contributed by atoms with Gasteiger partial charge in [0.1, 0.15) is 21.4 Å². The van der Waals surface area contributed by atoms with E-state index in [1.54, 1.807) is 23.3 Å². The number of carbonyl (C=O) groups excluding carboxylic acids is 3. The Hall–Kier alpha value is -4.26. The summed E-state index contributed by atoms with van der Waals surface area (Å²) in [5.41, 5.74) is 12.4. The van der Waals surface area contributed by atoms with Crippen LogP contribution in [0.1, 0.15) is 19.0 Å². The maximum absolute atomic E-state index is 13.3. The average molecular weight is 664 g/mol. The van der Waals surface area contributed by atoms with Crippen molar-refractivity contribution in [3.63, 3.8) is 0 Å². The first kappa shape index (κ1) is 31.2. The van der Waals surface area contributed by atoms with Crippen LogP contribution in [0.3, 0.4) is 0 Å². The number of nitrogen functional groups attached to an aromatic ring is 1. The minimum Gasteiger partial charge on any atom is -0.543 e. The zero-order valence-electron chi connectivity index (χ0n) is 23.0. The minimum atomic E-state index is -1.53. The Morgan fingerprint density at radius 3 is 2.84 bits per heavy atom. The minimum absolute atomic E-state index is 0.0126. The zero-order chi connectivity index (χ0) is 31.7. The van der Waals surface area contributed by atoms with Gasteiger partial charge in [0.15, 0.2) is 35.3 Å². The SMILES string of the molecule is C[C@H](O/N=C(\C(=O)N[C@@H]1C(=O)N2C(C(=O)[O-])=C(C[n+]3ccc4c(c3)ncn4CCCN)CSC12)c1nc(N)sc1Cl)C(=O)O. The second kappa shape index (κ2) is 12.8. The van der Waals surface area contributed by atoms with Crippen LogP contribution in [0.5, 0.6) is 0 Å². The standard InChI is InChI=1S/C25H26ClN9O7S2/c1-11(23(38)39)42-32-16(15-19(26)44-25(28)31-15)20(36)30-17-21(37)35-18(24(40)41)12(9-43-22(17)35)7-33-6-3-14-13(8-33)29-10-34(14)5-2-4-27/h3,6,8,10-11,17,22H,2,4-5,7,9,27H2,1H3,(H4-,28,30,31,36,38,39,40,41)/b32-16-/t11-,17+,22?/m0/s1. The van der Waals surface area contributed by atoms with Crippen LogP contribution in [0.25, 0.3) is 11.0 Å². The van der Waals surface area contributed by atoms with Crippen molar-refractivity contribution in [1.29, 1.82) is 0 Å². The van der Waals surface area contributed by atoms with Crippen LogP contribution in [0.4, 0.5) is 5.13 Å². The number of fused-ring (bicyclic) bond motifs is 2. The number of pyridine rings is 1. The Balaban J connectivity index is 1.35. The summed E-state index contributed by atoms with van der Waals surface area (Å²) in [6.45, 7) is 2.63. The summed E-state index contributed by atoms with van der Waals surface area (Å²) < 4.78 is 3.75. The fourth-order valence-corrected chi connectivity index (χ4v) is 6.91. The maximum atomic E-state index is 13.3. The fourth-order valence-electron chi connectivity index (χ4n) is 4.65. The van der Waals surface area contributed by atoms with Gasteiger partial charge in [-0.3, -0.25) is 14.5 Å². The molecular formula is C25H26ClN9O7S2. The number of anilines is 1. The number of carboxylic acid groups (broad SMARTS) is 2. The number of carboxylic acids is 2. The highest BCUT2D eigenvalue weighted by Gasteiger charge is 2.53. The first-order valence-corrected chi connectivity index (χ1v) is 15.4. The molecule has 5 rings (SSSR count). The fraction of sp³-hybridized carbons (Fsp3) is 0.360. The number of halogens is 1.